The summed E-state index contributed by atoms with van der Waals surface area (Å²) in [5, 5.41) is 4.84. The normalized spacial score (nSPS) is 13.4. The Labute approximate surface area is 109 Å². The first-order valence-corrected chi connectivity index (χ1v) is 5.82. The van der Waals surface area contributed by atoms with Crippen LogP contribution in [-0.2, 0) is 4.79 Å². The maximum absolute atomic E-state index is 10.9. The van der Waals surface area contributed by atoms with Crippen LogP contribution in [0.5, 0.6) is 5.75 Å². The van der Waals surface area contributed by atoms with Crippen molar-refractivity contribution in [3.8, 4) is 5.75 Å². The molecule has 5 heteroatoms. The molecule has 2 aromatic rings. The first kappa shape index (κ1) is 11.4. The number of nitrogens with zero attached hydrogens (tertiary/aromatic N) is 2. The molecule has 0 radical (unpaired) electrons. The molecule has 0 unspecified atom stereocenters. The summed E-state index contributed by atoms with van der Waals surface area (Å²) < 4.78 is 0. The number of carbonyl (C=O) groups is 1. The van der Waals surface area contributed by atoms with Crippen LogP contribution in [0.15, 0.2) is 41.7 Å². The highest BCUT2D eigenvalue weighted by Crippen LogP contribution is 2.31. The molecule has 94 valence electrons. The Morgan fingerprint density at radius 2 is 2.16 bits per heavy atom. The van der Waals surface area contributed by atoms with E-state index in [0.29, 0.717) is 11.5 Å². The van der Waals surface area contributed by atoms with Gasteiger partial charge < -0.3 is 10.6 Å². The summed E-state index contributed by atoms with van der Waals surface area (Å²) in [5.41, 5.74) is 7.38. The van der Waals surface area contributed by atoms with Gasteiger partial charge in [0.2, 0.25) is 5.91 Å². The van der Waals surface area contributed by atoms with E-state index in [-0.39, 0.29) is 6.42 Å². The number of primary amides is 1. The molecule has 1 aromatic carbocycles. The second-order valence-corrected chi connectivity index (χ2v) is 4.20. The molecule has 2 N–H and O–H groups in total. The van der Waals surface area contributed by atoms with E-state index in [1.54, 1.807) is 12.3 Å². The summed E-state index contributed by atoms with van der Waals surface area (Å²) in [5.74, 6) is 0.200. The number of hydrogen-bond donors (Lipinski definition) is 1. The average molecular weight is 253 g/mol. The van der Waals surface area contributed by atoms with Crippen molar-refractivity contribution in [1.29, 1.82) is 0 Å². The fourth-order valence-electron chi connectivity index (χ4n) is 1.97. The first-order valence-electron chi connectivity index (χ1n) is 5.82. The van der Waals surface area contributed by atoms with Gasteiger partial charge in [-0.2, -0.15) is 0 Å². The molecule has 5 nitrogen and oxygen atoms in total. The maximum atomic E-state index is 10.9. The van der Waals surface area contributed by atoms with Gasteiger partial charge in [0.25, 0.3) is 0 Å². The van der Waals surface area contributed by atoms with E-state index in [0.717, 1.165) is 16.5 Å². The van der Waals surface area contributed by atoms with Crippen LogP contribution in [0.1, 0.15) is 12.0 Å². The van der Waals surface area contributed by atoms with Crippen LogP contribution in [0.2, 0.25) is 0 Å². The number of oxime groups is 1. The van der Waals surface area contributed by atoms with E-state index in [1.807, 2.05) is 30.3 Å². The Morgan fingerprint density at radius 1 is 1.26 bits per heavy atom. The van der Waals surface area contributed by atoms with Crippen molar-refractivity contribution < 1.29 is 9.63 Å². The zero-order valence-electron chi connectivity index (χ0n) is 10.0. The topological polar surface area (TPSA) is 77.6 Å². The lowest BCUT2D eigenvalue weighted by atomic mass is 10.1. The fourth-order valence-corrected chi connectivity index (χ4v) is 1.97. The van der Waals surface area contributed by atoms with Crippen molar-refractivity contribution in [3.63, 3.8) is 0 Å². The number of allylic oxidation sites excluding steroid dienone is 1. The Kier molecular flexibility index (Phi) is 2.72. The number of benzene rings is 1. The summed E-state index contributed by atoms with van der Waals surface area (Å²) in [7, 11) is 0. The summed E-state index contributed by atoms with van der Waals surface area (Å²) >= 11 is 0. The SMILES string of the molecule is NC(=O)CC1=NOc2c(ccc3ncccc23)C=C1. The molecule has 1 aliphatic heterocycles. The maximum Gasteiger partial charge on any atom is 0.223 e. The van der Waals surface area contributed by atoms with Crippen LogP contribution in [-0.4, -0.2) is 16.6 Å². The largest absolute Gasteiger partial charge is 0.369 e. The molecule has 0 bridgehead atoms. The van der Waals surface area contributed by atoms with Gasteiger partial charge in [0.15, 0.2) is 5.75 Å². The minimum absolute atomic E-state index is 0.0562. The van der Waals surface area contributed by atoms with Gasteiger partial charge in [0.1, 0.15) is 0 Å². The van der Waals surface area contributed by atoms with Crippen molar-refractivity contribution in [2.75, 3.05) is 0 Å². The first-order chi connectivity index (χ1) is 9.24. The molecule has 19 heavy (non-hydrogen) atoms. The van der Waals surface area contributed by atoms with Gasteiger partial charge in [-0.25, -0.2) is 0 Å². The molecule has 2 heterocycles. The molecule has 0 saturated heterocycles. The number of hydrogen-bond acceptors (Lipinski definition) is 4. The van der Waals surface area contributed by atoms with E-state index in [4.69, 9.17) is 10.6 Å². The third-order valence-electron chi connectivity index (χ3n) is 2.83. The molecule has 3 rings (SSSR count). The predicted molar refractivity (Wildman–Crippen MR) is 72.7 cm³/mol. The van der Waals surface area contributed by atoms with Gasteiger partial charge in [-0.15, -0.1) is 0 Å². The molecule has 0 spiro atoms. The Hall–Kier alpha value is -2.69. The van der Waals surface area contributed by atoms with Crippen molar-refractivity contribution >= 4 is 28.6 Å². The standard InChI is InChI=1S/C14H11N3O2/c15-13(18)8-10-5-3-9-4-6-12-11(2-1-7-16-12)14(9)19-17-10/h1-7H,8H2,(H2,15,18). The third-order valence-corrected chi connectivity index (χ3v) is 2.83. The smallest absolute Gasteiger partial charge is 0.223 e. The number of nitrogens with two attached hydrogens (primary N) is 1. The average Bonchev–Trinajstić information content (AvgIpc) is 2.61. The number of aromatic nitrogens is 1. The van der Waals surface area contributed by atoms with Crippen LogP contribution < -0.4 is 10.6 Å². The molecule has 0 aliphatic carbocycles. The lowest BCUT2D eigenvalue weighted by molar-refractivity contribution is -0.116. The lowest BCUT2D eigenvalue weighted by Gasteiger charge is -2.05. The molecule has 1 aliphatic rings. The van der Waals surface area contributed by atoms with E-state index >= 15 is 0 Å². The third kappa shape index (κ3) is 2.18. The summed E-state index contributed by atoms with van der Waals surface area (Å²) in [6, 6.07) is 7.59. The second-order valence-electron chi connectivity index (χ2n) is 4.20. The Morgan fingerprint density at radius 3 is 3.00 bits per heavy atom. The minimum atomic E-state index is -0.440. The predicted octanol–water partition coefficient (Wildman–Crippen LogP) is 1.87. The molecule has 0 atom stereocenters. The van der Waals surface area contributed by atoms with E-state index in [1.165, 1.54) is 0 Å². The number of rotatable bonds is 2. The van der Waals surface area contributed by atoms with Crippen LogP contribution >= 0.6 is 0 Å². The van der Waals surface area contributed by atoms with E-state index in [9.17, 15) is 4.79 Å². The molecule has 0 fully saturated rings. The summed E-state index contributed by atoms with van der Waals surface area (Å²) in [4.78, 5) is 20.6. The molecule has 1 amide bonds. The summed E-state index contributed by atoms with van der Waals surface area (Å²) in [6.45, 7) is 0. The van der Waals surface area contributed by atoms with E-state index < -0.39 is 5.91 Å². The quantitative estimate of drug-likeness (QED) is 0.887. The summed E-state index contributed by atoms with van der Waals surface area (Å²) in [6.07, 6.45) is 5.37. The Balaban J connectivity index is 2.08. The molecular weight excluding hydrogens is 242 g/mol. The van der Waals surface area contributed by atoms with Gasteiger partial charge in [-0.3, -0.25) is 9.78 Å². The molecular formula is C14H11N3O2. The van der Waals surface area contributed by atoms with Crippen LogP contribution in [0, 0.1) is 0 Å². The molecule has 1 aromatic heterocycles. The second kappa shape index (κ2) is 4.53. The lowest BCUT2D eigenvalue weighted by Crippen LogP contribution is -2.15. The van der Waals surface area contributed by atoms with E-state index in [2.05, 4.69) is 10.1 Å². The van der Waals surface area contributed by atoms with Crippen LogP contribution in [0.4, 0.5) is 0 Å². The van der Waals surface area contributed by atoms with Crippen molar-refractivity contribution in [2.24, 2.45) is 10.9 Å². The highest BCUT2D eigenvalue weighted by molar-refractivity contribution is 6.09. The fraction of sp³-hybridized carbons (Fsp3) is 0.0714. The highest BCUT2D eigenvalue weighted by atomic mass is 16.6. The van der Waals surface area contributed by atoms with Crippen molar-refractivity contribution in [1.82, 2.24) is 4.98 Å². The van der Waals surface area contributed by atoms with Crippen LogP contribution in [0.3, 0.4) is 0 Å². The van der Waals surface area contributed by atoms with Crippen molar-refractivity contribution in [2.45, 2.75) is 6.42 Å². The number of fused-ring (bicyclic) bond motifs is 3. The van der Waals surface area contributed by atoms with Crippen molar-refractivity contribution in [3.05, 3.63) is 42.1 Å². The van der Waals surface area contributed by atoms with Gasteiger partial charge in [-0.1, -0.05) is 5.16 Å². The van der Waals surface area contributed by atoms with Gasteiger partial charge in [0, 0.05) is 17.1 Å². The van der Waals surface area contributed by atoms with Gasteiger partial charge in [-0.05, 0) is 36.4 Å². The number of amides is 1. The Bertz CT molecular complexity index is 720. The monoisotopic (exact) mass is 253 g/mol. The molecule has 0 saturated carbocycles. The zero-order chi connectivity index (χ0) is 13.2. The number of pyridine rings is 1. The van der Waals surface area contributed by atoms with Gasteiger partial charge >= 0.3 is 0 Å². The minimum Gasteiger partial charge on any atom is -0.369 e. The van der Waals surface area contributed by atoms with Gasteiger partial charge in [0.05, 0.1) is 17.6 Å². The number of carbonyl (C=O) groups excluding carboxylic acids is 1. The zero-order valence-corrected chi connectivity index (χ0v) is 10.0. The van der Waals surface area contributed by atoms with Crippen LogP contribution in [0.25, 0.3) is 17.0 Å². The highest BCUT2D eigenvalue weighted by Gasteiger charge is 2.12.